The number of hydrogen-bond donors (Lipinski definition) is 2. The van der Waals surface area contributed by atoms with Gasteiger partial charge in [0.15, 0.2) is 0 Å². The monoisotopic (exact) mass is 255 g/mol. The van der Waals surface area contributed by atoms with E-state index in [2.05, 4.69) is 29.5 Å². The van der Waals surface area contributed by atoms with E-state index in [4.69, 9.17) is 5.73 Å². The van der Waals surface area contributed by atoms with Crippen LogP contribution in [-0.4, -0.2) is 18.1 Å². The van der Waals surface area contributed by atoms with Crippen molar-refractivity contribution in [1.82, 2.24) is 10.3 Å². The molecule has 4 heteroatoms. The topological polar surface area (TPSA) is 50.9 Å². The minimum atomic E-state index is 0.652. The molecule has 3 nitrogen and oxygen atoms in total. The first kappa shape index (κ1) is 14.6. The zero-order valence-electron chi connectivity index (χ0n) is 11.2. The minimum absolute atomic E-state index is 0.652. The van der Waals surface area contributed by atoms with Crippen molar-refractivity contribution in [2.75, 3.05) is 13.1 Å². The molecule has 17 heavy (non-hydrogen) atoms. The van der Waals surface area contributed by atoms with Gasteiger partial charge >= 0.3 is 0 Å². The molecule has 98 valence electrons. The number of rotatable bonds is 8. The predicted octanol–water partition coefficient (Wildman–Crippen LogP) is 2.55. The van der Waals surface area contributed by atoms with Gasteiger partial charge in [-0.3, -0.25) is 0 Å². The summed E-state index contributed by atoms with van der Waals surface area (Å²) in [7, 11) is 0. The van der Waals surface area contributed by atoms with Crippen molar-refractivity contribution < 1.29 is 0 Å². The lowest BCUT2D eigenvalue weighted by Gasteiger charge is -2.16. The van der Waals surface area contributed by atoms with Crippen LogP contribution in [0.2, 0.25) is 0 Å². The smallest absolute Gasteiger partial charge is 0.0897 e. The van der Waals surface area contributed by atoms with Crippen LogP contribution < -0.4 is 11.1 Å². The normalized spacial score (nSPS) is 13.2. The van der Waals surface area contributed by atoms with Gasteiger partial charge in [0.25, 0.3) is 0 Å². The first-order valence-electron chi connectivity index (χ1n) is 6.43. The summed E-state index contributed by atoms with van der Waals surface area (Å²) in [6.45, 7) is 9.27. The van der Waals surface area contributed by atoms with Crippen LogP contribution >= 0.6 is 11.3 Å². The molecule has 0 saturated heterocycles. The third kappa shape index (κ3) is 6.15. The Kier molecular flexibility index (Phi) is 6.70. The number of nitrogens with two attached hydrogens (primary N) is 1. The van der Waals surface area contributed by atoms with Crippen LogP contribution in [-0.2, 0) is 6.54 Å². The molecular formula is C13H25N3S. The Bertz CT molecular complexity index is 309. The molecule has 1 rings (SSSR count). The van der Waals surface area contributed by atoms with E-state index in [0.29, 0.717) is 5.92 Å². The van der Waals surface area contributed by atoms with Crippen molar-refractivity contribution in [3.05, 3.63) is 16.1 Å². The Morgan fingerprint density at radius 1 is 1.47 bits per heavy atom. The largest absolute Gasteiger partial charge is 0.330 e. The second-order valence-electron chi connectivity index (χ2n) is 5.05. The minimum Gasteiger partial charge on any atom is -0.330 e. The highest BCUT2D eigenvalue weighted by Gasteiger charge is 2.08. The molecule has 1 unspecified atom stereocenters. The van der Waals surface area contributed by atoms with Crippen molar-refractivity contribution in [3.63, 3.8) is 0 Å². The van der Waals surface area contributed by atoms with Crippen LogP contribution in [0.25, 0.3) is 0 Å². The van der Waals surface area contributed by atoms with Crippen molar-refractivity contribution in [3.8, 4) is 0 Å². The Labute approximate surface area is 109 Å². The fourth-order valence-electron chi connectivity index (χ4n) is 2.01. The number of nitrogens with zero attached hydrogens (tertiary/aromatic N) is 1. The third-order valence-electron chi connectivity index (χ3n) is 2.84. The van der Waals surface area contributed by atoms with E-state index in [-0.39, 0.29) is 0 Å². The standard InChI is InChI=1S/C13H25N3S/c1-10(2)6-12(7-14)4-5-15-8-13-9-17-11(3)16-13/h9-10,12,15H,4-8,14H2,1-3H3. The van der Waals surface area contributed by atoms with E-state index in [1.807, 2.05) is 6.92 Å². The lowest BCUT2D eigenvalue weighted by atomic mass is 9.94. The fourth-order valence-corrected chi connectivity index (χ4v) is 2.62. The van der Waals surface area contributed by atoms with E-state index in [0.717, 1.165) is 42.7 Å². The summed E-state index contributed by atoms with van der Waals surface area (Å²) in [6, 6.07) is 0. The molecule has 0 bridgehead atoms. The lowest BCUT2D eigenvalue weighted by Crippen LogP contribution is -2.23. The van der Waals surface area contributed by atoms with Crippen LogP contribution in [0.15, 0.2) is 5.38 Å². The number of aromatic nitrogens is 1. The highest BCUT2D eigenvalue weighted by molar-refractivity contribution is 7.09. The molecule has 0 fully saturated rings. The first-order chi connectivity index (χ1) is 8.11. The third-order valence-corrected chi connectivity index (χ3v) is 3.66. The molecule has 1 heterocycles. The summed E-state index contributed by atoms with van der Waals surface area (Å²) in [5, 5.41) is 6.70. The highest BCUT2D eigenvalue weighted by atomic mass is 32.1. The predicted molar refractivity (Wildman–Crippen MR) is 75.2 cm³/mol. The Morgan fingerprint density at radius 2 is 2.24 bits per heavy atom. The van der Waals surface area contributed by atoms with Gasteiger partial charge in [-0.15, -0.1) is 11.3 Å². The van der Waals surface area contributed by atoms with Crippen LogP contribution in [0.4, 0.5) is 0 Å². The van der Waals surface area contributed by atoms with E-state index in [9.17, 15) is 0 Å². The summed E-state index contributed by atoms with van der Waals surface area (Å²) in [5.74, 6) is 1.39. The van der Waals surface area contributed by atoms with Crippen LogP contribution in [0.1, 0.15) is 37.4 Å². The summed E-state index contributed by atoms with van der Waals surface area (Å²) in [4.78, 5) is 4.43. The van der Waals surface area contributed by atoms with Gasteiger partial charge in [0.2, 0.25) is 0 Å². The Hall–Kier alpha value is -0.450. The molecule has 0 saturated carbocycles. The first-order valence-corrected chi connectivity index (χ1v) is 7.31. The molecule has 1 aromatic heterocycles. The molecule has 0 aliphatic heterocycles. The van der Waals surface area contributed by atoms with Crippen molar-refractivity contribution >= 4 is 11.3 Å². The maximum absolute atomic E-state index is 5.78. The van der Waals surface area contributed by atoms with E-state index in [1.54, 1.807) is 11.3 Å². The van der Waals surface area contributed by atoms with Gasteiger partial charge in [0.05, 0.1) is 10.7 Å². The SMILES string of the molecule is Cc1nc(CNCCC(CN)CC(C)C)cs1. The average Bonchev–Trinajstić information content (AvgIpc) is 2.68. The van der Waals surface area contributed by atoms with Crippen LogP contribution in [0.3, 0.4) is 0 Å². The van der Waals surface area contributed by atoms with Crippen molar-refractivity contribution in [2.24, 2.45) is 17.6 Å². The van der Waals surface area contributed by atoms with E-state index in [1.165, 1.54) is 6.42 Å². The van der Waals surface area contributed by atoms with Crippen LogP contribution in [0.5, 0.6) is 0 Å². The number of aryl methyl sites for hydroxylation is 1. The molecule has 0 aliphatic carbocycles. The maximum atomic E-state index is 5.78. The molecule has 1 atom stereocenters. The second kappa shape index (κ2) is 7.80. The molecular weight excluding hydrogens is 230 g/mol. The maximum Gasteiger partial charge on any atom is 0.0897 e. The fraction of sp³-hybridized carbons (Fsp3) is 0.769. The quantitative estimate of drug-likeness (QED) is 0.702. The number of hydrogen-bond acceptors (Lipinski definition) is 4. The van der Waals surface area contributed by atoms with Gasteiger partial charge in [0.1, 0.15) is 0 Å². The number of nitrogens with one attached hydrogen (secondary N) is 1. The number of thiazole rings is 1. The molecule has 0 radical (unpaired) electrons. The van der Waals surface area contributed by atoms with Gasteiger partial charge in [-0.1, -0.05) is 13.8 Å². The van der Waals surface area contributed by atoms with Gasteiger partial charge < -0.3 is 11.1 Å². The van der Waals surface area contributed by atoms with Crippen molar-refractivity contribution in [2.45, 2.75) is 40.2 Å². The van der Waals surface area contributed by atoms with Gasteiger partial charge in [0, 0.05) is 11.9 Å². The molecule has 0 amide bonds. The molecule has 1 aromatic rings. The Balaban J connectivity index is 2.14. The zero-order valence-corrected chi connectivity index (χ0v) is 12.0. The molecule has 0 aromatic carbocycles. The van der Waals surface area contributed by atoms with E-state index >= 15 is 0 Å². The summed E-state index contributed by atoms with van der Waals surface area (Å²) in [5.41, 5.74) is 6.93. The van der Waals surface area contributed by atoms with E-state index < -0.39 is 0 Å². The van der Waals surface area contributed by atoms with Gasteiger partial charge in [-0.25, -0.2) is 4.98 Å². The summed E-state index contributed by atoms with van der Waals surface area (Å²) in [6.07, 6.45) is 2.39. The second-order valence-corrected chi connectivity index (χ2v) is 6.12. The zero-order chi connectivity index (χ0) is 12.7. The van der Waals surface area contributed by atoms with Crippen LogP contribution in [0, 0.1) is 18.8 Å². The Morgan fingerprint density at radius 3 is 2.76 bits per heavy atom. The molecule has 3 N–H and O–H groups in total. The highest BCUT2D eigenvalue weighted by Crippen LogP contribution is 2.13. The van der Waals surface area contributed by atoms with Crippen molar-refractivity contribution in [1.29, 1.82) is 0 Å². The molecule has 0 spiro atoms. The summed E-state index contributed by atoms with van der Waals surface area (Å²) < 4.78 is 0. The van der Waals surface area contributed by atoms with Gasteiger partial charge in [-0.05, 0) is 44.7 Å². The summed E-state index contributed by atoms with van der Waals surface area (Å²) >= 11 is 1.71. The van der Waals surface area contributed by atoms with Gasteiger partial charge in [-0.2, -0.15) is 0 Å². The lowest BCUT2D eigenvalue weighted by molar-refractivity contribution is 0.385. The average molecular weight is 255 g/mol. The molecule has 0 aliphatic rings.